The van der Waals surface area contributed by atoms with Gasteiger partial charge in [-0.15, -0.1) is 0 Å². The summed E-state index contributed by atoms with van der Waals surface area (Å²) < 4.78 is 10.9. The Morgan fingerprint density at radius 2 is 2.30 bits per heavy atom. The third-order valence-electron chi connectivity index (χ3n) is 3.87. The van der Waals surface area contributed by atoms with Crippen LogP contribution in [0.5, 0.6) is 5.75 Å². The van der Waals surface area contributed by atoms with Crippen LogP contribution in [0.2, 0.25) is 5.02 Å². The Morgan fingerprint density at radius 1 is 1.40 bits per heavy atom. The van der Waals surface area contributed by atoms with Crippen molar-refractivity contribution in [2.45, 2.75) is 31.8 Å². The van der Waals surface area contributed by atoms with Crippen LogP contribution < -0.4 is 10.1 Å². The second-order valence-corrected chi connectivity index (χ2v) is 5.45. The highest BCUT2D eigenvalue weighted by molar-refractivity contribution is 6.31. The van der Waals surface area contributed by atoms with E-state index in [1.165, 1.54) is 5.56 Å². The second kappa shape index (κ2) is 5.90. The van der Waals surface area contributed by atoms with Gasteiger partial charge in [0.05, 0.1) is 13.4 Å². The summed E-state index contributed by atoms with van der Waals surface area (Å²) in [6.45, 7) is 0.693. The molecule has 0 saturated carbocycles. The average Bonchev–Trinajstić information content (AvgIpc) is 2.94. The maximum Gasteiger partial charge on any atom is 0.124 e. The number of nitrogens with one attached hydrogen (secondary N) is 1. The topological polar surface area (TPSA) is 34.4 Å². The third kappa shape index (κ3) is 2.56. The lowest BCUT2D eigenvalue weighted by Gasteiger charge is -2.23. The van der Waals surface area contributed by atoms with Crippen molar-refractivity contribution in [3.63, 3.8) is 0 Å². The Balaban J connectivity index is 1.75. The molecule has 20 heavy (non-hydrogen) atoms. The lowest BCUT2D eigenvalue weighted by Crippen LogP contribution is -2.24. The molecular weight excluding hydrogens is 274 g/mol. The predicted octanol–water partition coefficient (Wildman–Crippen LogP) is 4.11. The molecule has 0 fully saturated rings. The Bertz CT molecular complexity index is 594. The number of ether oxygens (including phenoxy) is 1. The van der Waals surface area contributed by atoms with Gasteiger partial charge in [-0.25, -0.2) is 0 Å². The van der Waals surface area contributed by atoms with Crippen molar-refractivity contribution in [1.29, 1.82) is 0 Å². The van der Waals surface area contributed by atoms with Crippen molar-refractivity contribution in [2.24, 2.45) is 0 Å². The van der Waals surface area contributed by atoms with Crippen LogP contribution in [-0.2, 0) is 13.0 Å². The molecule has 106 valence electrons. The van der Waals surface area contributed by atoms with Crippen LogP contribution in [0, 0.1) is 0 Å². The van der Waals surface area contributed by atoms with E-state index in [0.29, 0.717) is 12.6 Å². The summed E-state index contributed by atoms with van der Waals surface area (Å²) in [6.07, 6.45) is 5.09. The monoisotopic (exact) mass is 291 g/mol. The minimum Gasteiger partial charge on any atom is -0.496 e. The molecule has 1 N–H and O–H groups in total. The molecule has 0 unspecified atom stereocenters. The first-order valence-electron chi connectivity index (χ1n) is 6.90. The number of furan rings is 1. The number of benzene rings is 1. The van der Waals surface area contributed by atoms with E-state index in [1.54, 1.807) is 13.4 Å². The van der Waals surface area contributed by atoms with E-state index in [4.69, 9.17) is 20.8 Å². The summed E-state index contributed by atoms with van der Waals surface area (Å²) >= 11 is 6.27. The highest BCUT2D eigenvalue weighted by Crippen LogP contribution is 2.32. The van der Waals surface area contributed by atoms with Gasteiger partial charge in [-0.2, -0.15) is 0 Å². The number of methoxy groups -OCH3 is 1. The van der Waals surface area contributed by atoms with Gasteiger partial charge in [-0.05, 0) is 31.0 Å². The Hall–Kier alpha value is -1.45. The molecule has 1 aromatic carbocycles. The fourth-order valence-electron chi connectivity index (χ4n) is 2.83. The number of halogens is 1. The largest absolute Gasteiger partial charge is 0.496 e. The molecule has 1 heterocycles. The van der Waals surface area contributed by atoms with Gasteiger partial charge >= 0.3 is 0 Å². The number of aryl methyl sites for hydroxylation is 1. The maximum atomic E-state index is 6.27. The van der Waals surface area contributed by atoms with Crippen molar-refractivity contribution < 1.29 is 9.15 Å². The fourth-order valence-corrected chi connectivity index (χ4v) is 3.06. The van der Waals surface area contributed by atoms with Gasteiger partial charge in [-0.3, -0.25) is 0 Å². The summed E-state index contributed by atoms with van der Waals surface area (Å²) in [5.74, 6) is 1.94. The van der Waals surface area contributed by atoms with Crippen LogP contribution in [0.15, 0.2) is 34.9 Å². The first-order chi connectivity index (χ1) is 9.79. The van der Waals surface area contributed by atoms with Crippen molar-refractivity contribution >= 4 is 11.6 Å². The zero-order chi connectivity index (χ0) is 13.9. The molecular formula is C16H18ClNO2. The van der Waals surface area contributed by atoms with Gasteiger partial charge in [0, 0.05) is 35.2 Å². The SMILES string of the molecule is COc1cccc(Cl)c1CN[C@@H]1CCCc2occc21. The minimum absolute atomic E-state index is 0.332. The van der Waals surface area contributed by atoms with Gasteiger partial charge in [0.1, 0.15) is 11.5 Å². The van der Waals surface area contributed by atoms with Crippen LogP contribution in [0.3, 0.4) is 0 Å². The zero-order valence-corrected chi connectivity index (χ0v) is 12.2. The maximum absolute atomic E-state index is 6.27. The Labute approximate surface area is 123 Å². The lowest BCUT2D eigenvalue weighted by molar-refractivity contribution is 0.393. The van der Waals surface area contributed by atoms with Crippen LogP contribution in [-0.4, -0.2) is 7.11 Å². The lowest BCUT2D eigenvalue weighted by atomic mass is 9.93. The fraction of sp³-hybridized carbons (Fsp3) is 0.375. The average molecular weight is 292 g/mol. The number of hydrogen-bond acceptors (Lipinski definition) is 3. The molecule has 4 heteroatoms. The number of fused-ring (bicyclic) bond motifs is 1. The van der Waals surface area contributed by atoms with E-state index < -0.39 is 0 Å². The van der Waals surface area contributed by atoms with Crippen molar-refractivity contribution in [3.05, 3.63) is 52.4 Å². The van der Waals surface area contributed by atoms with Crippen molar-refractivity contribution in [2.75, 3.05) is 7.11 Å². The van der Waals surface area contributed by atoms with E-state index in [1.807, 2.05) is 18.2 Å². The molecule has 0 bridgehead atoms. The molecule has 2 aromatic rings. The van der Waals surface area contributed by atoms with Gasteiger partial charge in [0.2, 0.25) is 0 Å². The summed E-state index contributed by atoms with van der Waals surface area (Å²) in [4.78, 5) is 0. The second-order valence-electron chi connectivity index (χ2n) is 5.05. The van der Waals surface area contributed by atoms with Gasteiger partial charge in [0.15, 0.2) is 0 Å². The van der Waals surface area contributed by atoms with Crippen LogP contribution >= 0.6 is 11.6 Å². The first-order valence-corrected chi connectivity index (χ1v) is 7.28. The van der Waals surface area contributed by atoms with E-state index in [9.17, 15) is 0 Å². The predicted molar refractivity (Wildman–Crippen MR) is 79.2 cm³/mol. The summed E-state index contributed by atoms with van der Waals surface area (Å²) in [7, 11) is 1.67. The Kier molecular flexibility index (Phi) is 3.99. The van der Waals surface area contributed by atoms with Gasteiger partial charge in [0.25, 0.3) is 0 Å². The number of hydrogen-bond donors (Lipinski definition) is 1. The quantitative estimate of drug-likeness (QED) is 0.920. The highest BCUT2D eigenvalue weighted by Gasteiger charge is 2.22. The van der Waals surface area contributed by atoms with Crippen LogP contribution in [0.4, 0.5) is 0 Å². The molecule has 0 radical (unpaired) electrons. The summed E-state index contributed by atoms with van der Waals surface area (Å²) in [6, 6.07) is 8.13. The Morgan fingerprint density at radius 3 is 3.15 bits per heavy atom. The molecule has 1 atom stereocenters. The number of rotatable bonds is 4. The molecule has 3 rings (SSSR count). The van der Waals surface area contributed by atoms with Crippen LogP contribution in [0.25, 0.3) is 0 Å². The van der Waals surface area contributed by atoms with E-state index in [-0.39, 0.29) is 0 Å². The van der Waals surface area contributed by atoms with E-state index in [0.717, 1.165) is 41.4 Å². The van der Waals surface area contributed by atoms with Crippen molar-refractivity contribution in [3.8, 4) is 5.75 Å². The normalized spacial score (nSPS) is 17.8. The highest BCUT2D eigenvalue weighted by atomic mass is 35.5. The molecule has 0 amide bonds. The summed E-state index contributed by atoms with van der Waals surface area (Å²) in [5, 5.41) is 4.31. The summed E-state index contributed by atoms with van der Waals surface area (Å²) in [5.41, 5.74) is 2.29. The molecule has 1 aliphatic carbocycles. The first kappa shape index (κ1) is 13.5. The van der Waals surface area contributed by atoms with Gasteiger partial charge in [-0.1, -0.05) is 17.7 Å². The molecule has 1 aromatic heterocycles. The molecule has 0 spiro atoms. The smallest absolute Gasteiger partial charge is 0.124 e. The molecule has 1 aliphatic rings. The molecule has 0 aliphatic heterocycles. The van der Waals surface area contributed by atoms with Gasteiger partial charge < -0.3 is 14.5 Å². The zero-order valence-electron chi connectivity index (χ0n) is 11.5. The molecule has 0 saturated heterocycles. The minimum atomic E-state index is 0.332. The standard InChI is InChI=1S/C16H18ClNO2/c1-19-15-6-2-4-13(17)12(15)10-18-14-5-3-7-16-11(14)8-9-20-16/h2,4,6,8-9,14,18H,3,5,7,10H2,1H3/t14-/m1/s1. The van der Waals surface area contributed by atoms with E-state index in [2.05, 4.69) is 11.4 Å². The van der Waals surface area contributed by atoms with Crippen LogP contribution in [0.1, 0.15) is 35.8 Å². The molecule has 3 nitrogen and oxygen atoms in total. The van der Waals surface area contributed by atoms with Crippen molar-refractivity contribution in [1.82, 2.24) is 5.32 Å². The third-order valence-corrected chi connectivity index (χ3v) is 4.23. The van der Waals surface area contributed by atoms with E-state index >= 15 is 0 Å².